The van der Waals surface area contributed by atoms with Crippen molar-refractivity contribution in [2.75, 3.05) is 14.2 Å². The summed E-state index contributed by atoms with van der Waals surface area (Å²) in [6.45, 7) is 3.54. The lowest BCUT2D eigenvalue weighted by molar-refractivity contribution is -0.645. The molecule has 51 heavy (non-hydrogen) atoms. The van der Waals surface area contributed by atoms with Crippen molar-refractivity contribution in [2.24, 2.45) is 35.5 Å². The molecule has 4 bridgehead atoms. The maximum absolute atomic E-state index is 12.8. The molecule has 2 aromatic rings. The van der Waals surface area contributed by atoms with Gasteiger partial charge in [0, 0.05) is 30.2 Å². The Balaban J connectivity index is 1.10. The molecule has 1 spiro atoms. The molecule has 1 amide bonds. The second kappa shape index (κ2) is 12.4. The lowest BCUT2D eigenvalue weighted by Gasteiger charge is -2.68. The van der Waals surface area contributed by atoms with Gasteiger partial charge in [-0.05, 0) is 85.5 Å². The highest BCUT2D eigenvalue weighted by Gasteiger charge is 2.77. The first-order valence-electron chi connectivity index (χ1n) is 17.7. The standard InChI is InChI=1S/C39H42ClNO10/c1-19-30(34(37(45)46)41-33(19)31(20(2)42)36(41)44)24-7-5-21(6-8-24)18-49-35-25(10-12-29(43)47-3)9-11-28(32(35)40)39(48-4)38(50-51-39)26-14-22-13-23(16-26)17-27(38)15-22/h5-12,19-20,22-23,26-27,31,33,42H,13-18H2,1-4H3,(H,45,46)/b12-10+/t19-,20+,22?,23?,26?,27?,31?,33+,38?,39?/m0/s1. The van der Waals surface area contributed by atoms with Crippen molar-refractivity contribution >= 4 is 41.1 Å². The number of esters is 1. The highest BCUT2D eigenvalue weighted by atomic mass is 35.5. The van der Waals surface area contributed by atoms with Gasteiger partial charge in [0.25, 0.3) is 5.79 Å². The van der Waals surface area contributed by atoms with E-state index in [4.69, 9.17) is 35.6 Å². The fourth-order valence-electron chi connectivity index (χ4n) is 10.5. The van der Waals surface area contributed by atoms with Crippen molar-refractivity contribution < 1.29 is 48.6 Å². The van der Waals surface area contributed by atoms with Gasteiger partial charge in [-0.25, -0.2) is 14.5 Å². The average molecular weight is 720 g/mol. The number of aliphatic hydroxyl groups is 1. The molecule has 270 valence electrons. The number of rotatable bonds is 10. The number of hydrogen-bond acceptors (Lipinski definition) is 9. The van der Waals surface area contributed by atoms with Crippen LogP contribution < -0.4 is 4.74 Å². The predicted molar refractivity (Wildman–Crippen MR) is 183 cm³/mol. The summed E-state index contributed by atoms with van der Waals surface area (Å²) in [6.07, 6.45) is 7.56. The van der Waals surface area contributed by atoms with Crippen LogP contribution in [0.15, 0.2) is 48.2 Å². The molecular formula is C39H42ClNO10. The molecule has 12 heteroatoms. The van der Waals surface area contributed by atoms with E-state index in [1.54, 1.807) is 20.1 Å². The number of halogens is 1. The van der Waals surface area contributed by atoms with Crippen molar-refractivity contribution in [3.05, 3.63) is 75.4 Å². The summed E-state index contributed by atoms with van der Waals surface area (Å²) in [4.78, 5) is 50.7. The summed E-state index contributed by atoms with van der Waals surface area (Å²) in [5.41, 5.74) is 2.44. The van der Waals surface area contributed by atoms with E-state index in [1.807, 2.05) is 43.3 Å². The largest absolute Gasteiger partial charge is 0.487 e. The minimum absolute atomic E-state index is 0.0461. The number of benzene rings is 2. The molecule has 4 saturated carbocycles. The number of carboxylic acids is 1. The Bertz CT molecular complexity index is 1820. The van der Waals surface area contributed by atoms with Gasteiger partial charge in [0.1, 0.15) is 18.1 Å². The Morgan fingerprint density at radius 3 is 2.25 bits per heavy atom. The number of fused-ring (bicyclic) bond motifs is 1. The molecule has 6 fully saturated rings. The van der Waals surface area contributed by atoms with Crippen LogP contribution >= 0.6 is 11.6 Å². The van der Waals surface area contributed by atoms with Crippen molar-refractivity contribution in [2.45, 2.75) is 76.1 Å². The Morgan fingerprint density at radius 2 is 1.71 bits per heavy atom. The zero-order valence-electron chi connectivity index (χ0n) is 29.0. The lowest BCUT2D eigenvalue weighted by atomic mass is 9.47. The summed E-state index contributed by atoms with van der Waals surface area (Å²) in [5.74, 6) is -1.96. The number of carbonyl (C=O) groups is 3. The molecule has 9 rings (SSSR count). The highest BCUT2D eigenvalue weighted by molar-refractivity contribution is 6.33. The molecular weight excluding hydrogens is 678 g/mol. The van der Waals surface area contributed by atoms with Gasteiger partial charge in [-0.15, -0.1) is 0 Å². The molecule has 2 saturated heterocycles. The minimum Gasteiger partial charge on any atom is -0.487 e. The number of ether oxygens (including phenoxy) is 3. The zero-order valence-corrected chi connectivity index (χ0v) is 29.7. The first-order valence-corrected chi connectivity index (χ1v) is 18.0. The van der Waals surface area contributed by atoms with Gasteiger partial charge in [0.2, 0.25) is 5.91 Å². The molecule has 2 aromatic carbocycles. The summed E-state index contributed by atoms with van der Waals surface area (Å²) in [5, 5.41) is 20.6. The molecule has 11 nitrogen and oxygen atoms in total. The topological polar surface area (TPSA) is 141 Å². The van der Waals surface area contributed by atoms with Crippen LogP contribution in [-0.4, -0.2) is 64.9 Å². The van der Waals surface area contributed by atoms with E-state index < -0.39 is 41.4 Å². The monoisotopic (exact) mass is 719 g/mol. The smallest absolute Gasteiger partial charge is 0.352 e. The van der Waals surface area contributed by atoms with Crippen molar-refractivity contribution in [3.8, 4) is 5.75 Å². The fraction of sp³-hybridized carbons (Fsp3) is 0.513. The second-order valence-electron chi connectivity index (χ2n) is 15.1. The highest BCUT2D eigenvalue weighted by Crippen LogP contribution is 2.70. The second-order valence-corrected chi connectivity index (χ2v) is 15.5. The summed E-state index contributed by atoms with van der Waals surface area (Å²) < 4.78 is 17.5. The van der Waals surface area contributed by atoms with Gasteiger partial charge >= 0.3 is 11.9 Å². The number of amides is 1. The molecule has 0 aromatic heterocycles. The molecule has 3 heterocycles. The molecule has 3 aliphatic heterocycles. The van der Waals surface area contributed by atoms with E-state index in [0.29, 0.717) is 39.8 Å². The maximum Gasteiger partial charge on any atom is 0.352 e. The van der Waals surface area contributed by atoms with Crippen molar-refractivity contribution in [3.63, 3.8) is 0 Å². The van der Waals surface area contributed by atoms with Gasteiger partial charge in [0.05, 0.1) is 30.2 Å². The molecule has 2 N–H and O–H groups in total. The minimum atomic E-state index is -1.23. The number of carbonyl (C=O) groups excluding carboxylic acids is 2. The van der Waals surface area contributed by atoms with Crippen molar-refractivity contribution in [1.82, 2.24) is 4.90 Å². The van der Waals surface area contributed by atoms with E-state index in [-0.39, 0.29) is 41.0 Å². The van der Waals surface area contributed by atoms with E-state index in [0.717, 1.165) is 31.2 Å². The van der Waals surface area contributed by atoms with Crippen LogP contribution in [0.4, 0.5) is 0 Å². The van der Waals surface area contributed by atoms with Crippen LogP contribution in [0.1, 0.15) is 68.2 Å². The zero-order chi connectivity index (χ0) is 36.0. The predicted octanol–water partition coefficient (Wildman–Crippen LogP) is 5.71. The van der Waals surface area contributed by atoms with Crippen molar-refractivity contribution in [1.29, 1.82) is 0 Å². The van der Waals surface area contributed by atoms with Crippen LogP contribution in [-0.2, 0) is 46.0 Å². The van der Waals surface area contributed by atoms with E-state index in [9.17, 15) is 24.6 Å². The number of aliphatic carboxylic acids is 1. The Morgan fingerprint density at radius 1 is 1.04 bits per heavy atom. The summed E-state index contributed by atoms with van der Waals surface area (Å²) >= 11 is 7.25. The SMILES string of the molecule is COC(=O)/C=C/c1ccc(C2(OC)OOC23C2CC4CC(C2)CC3C4)c(Cl)c1OCc1ccc(C2=C(C(=O)O)N3C(=O)C([C@@H](C)O)[C@H]3[C@H]2C)cc1. The van der Waals surface area contributed by atoms with Crippen LogP contribution in [0.25, 0.3) is 11.6 Å². The number of carboxylic acid groups (broad SMARTS) is 1. The molecule has 5 atom stereocenters. The number of nitrogens with zero attached hydrogens (tertiary/aromatic N) is 1. The van der Waals surface area contributed by atoms with E-state index in [1.165, 1.54) is 24.5 Å². The Kier molecular flexibility index (Phi) is 8.38. The number of aliphatic hydroxyl groups excluding tert-OH is 1. The Labute approximate surface area is 301 Å². The van der Waals surface area contributed by atoms with Crippen LogP contribution in [0.2, 0.25) is 5.02 Å². The third-order valence-corrected chi connectivity index (χ3v) is 12.9. The quantitative estimate of drug-likeness (QED) is 0.136. The van der Waals surface area contributed by atoms with Crippen LogP contribution in [0.3, 0.4) is 0 Å². The van der Waals surface area contributed by atoms with Gasteiger partial charge in [-0.2, -0.15) is 4.89 Å². The molecule has 0 radical (unpaired) electrons. The normalized spacial score (nSPS) is 35.2. The maximum atomic E-state index is 12.8. The Hall–Kier alpha value is -3.74. The summed E-state index contributed by atoms with van der Waals surface area (Å²) in [6, 6.07) is 10.6. The molecule has 2 unspecified atom stereocenters. The van der Waals surface area contributed by atoms with Gasteiger partial charge in [-0.3, -0.25) is 4.79 Å². The third kappa shape index (κ3) is 4.88. The average Bonchev–Trinajstić information content (AvgIpc) is 3.35. The molecule has 4 aliphatic carbocycles. The van der Waals surface area contributed by atoms with Crippen LogP contribution in [0.5, 0.6) is 5.75 Å². The van der Waals surface area contributed by atoms with Gasteiger partial charge in [-0.1, -0.05) is 54.9 Å². The fourth-order valence-corrected chi connectivity index (χ4v) is 10.9. The van der Waals surface area contributed by atoms with E-state index >= 15 is 0 Å². The third-order valence-electron chi connectivity index (χ3n) is 12.6. The van der Waals surface area contributed by atoms with Crippen LogP contribution in [0, 0.1) is 35.5 Å². The first-order chi connectivity index (χ1) is 24.4. The summed E-state index contributed by atoms with van der Waals surface area (Å²) in [7, 11) is 2.93. The lowest BCUT2D eigenvalue weighted by Crippen LogP contribution is -2.76. The number of methoxy groups -OCH3 is 2. The first kappa shape index (κ1) is 34.4. The number of hydrogen-bond donors (Lipinski definition) is 2. The number of β-lactam (4-membered cyclic amide) rings is 1. The molecule has 7 aliphatic rings. The van der Waals surface area contributed by atoms with Gasteiger partial charge < -0.3 is 29.3 Å². The van der Waals surface area contributed by atoms with E-state index in [2.05, 4.69) is 0 Å². The van der Waals surface area contributed by atoms with Gasteiger partial charge in [0.15, 0.2) is 5.60 Å².